The zero-order chi connectivity index (χ0) is 23.0. The van der Waals surface area contributed by atoms with Crippen molar-refractivity contribution >= 4 is 69.2 Å². The Kier molecular flexibility index (Phi) is 5.83. The van der Waals surface area contributed by atoms with Gasteiger partial charge in [0.1, 0.15) is 11.5 Å². The smallest absolute Gasteiger partial charge is 0.335 e. The van der Waals surface area contributed by atoms with Crippen LogP contribution in [0.15, 0.2) is 63.9 Å². The fraction of sp³-hybridized carbons (Fsp3) is 0. The zero-order valence-corrected chi connectivity index (χ0v) is 18.2. The summed E-state index contributed by atoms with van der Waals surface area (Å²) in [6, 6.07) is 13.0. The van der Waals surface area contributed by atoms with E-state index in [1.807, 2.05) is 0 Å². The third kappa shape index (κ3) is 4.15. The SMILES string of the molecule is O=C(O)c1ccc(Cl)c(-c2ccc(/C=C3/SC(=S)N(c4ccc([N+](=O)[O-])cc4)C3=O)o2)c1. The monoisotopic (exact) mass is 486 g/mol. The highest BCUT2D eigenvalue weighted by Crippen LogP contribution is 2.37. The molecule has 1 aliphatic heterocycles. The first-order chi connectivity index (χ1) is 15.2. The second kappa shape index (κ2) is 8.58. The number of aromatic carboxylic acids is 1. The van der Waals surface area contributed by atoms with Gasteiger partial charge < -0.3 is 9.52 Å². The molecule has 3 aromatic rings. The molecular weight excluding hydrogens is 476 g/mol. The van der Waals surface area contributed by atoms with Crippen LogP contribution in [-0.4, -0.2) is 26.2 Å². The van der Waals surface area contributed by atoms with Crippen LogP contribution < -0.4 is 4.90 Å². The fourth-order valence-electron chi connectivity index (χ4n) is 2.97. The second-order valence-corrected chi connectivity index (χ2v) is 8.58. The summed E-state index contributed by atoms with van der Waals surface area (Å²) in [4.78, 5) is 36.0. The van der Waals surface area contributed by atoms with E-state index in [0.717, 1.165) is 11.8 Å². The molecule has 0 atom stereocenters. The molecule has 4 rings (SSSR count). The Bertz CT molecular complexity index is 1320. The number of amides is 1. The quantitative estimate of drug-likeness (QED) is 0.214. The molecule has 0 radical (unpaired) electrons. The summed E-state index contributed by atoms with van der Waals surface area (Å²) >= 11 is 12.6. The van der Waals surface area contributed by atoms with Crippen molar-refractivity contribution in [2.75, 3.05) is 4.90 Å². The molecule has 2 aromatic carbocycles. The van der Waals surface area contributed by atoms with Crippen molar-refractivity contribution in [3.63, 3.8) is 0 Å². The fourth-order valence-corrected chi connectivity index (χ4v) is 4.45. The van der Waals surface area contributed by atoms with Gasteiger partial charge in [-0.1, -0.05) is 35.6 Å². The number of furan rings is 1. The Labute approximate surface area is 195 Å². The third-order valence-corrected chi connectivity index (χ3v) is 6.12. The lowest BCUT2D eigenvalue weighted by atomic mass is 10.1. The molecule has 1 saturated heterocycles. The molecule has 1 aromatic heterocycles. The van der Waals surface area contributed by atoms with Crippen LogP contribution in [-0.2, 0) is 4.79 Å². The number of thioether (sulfide) groups is 1. The van der Waals surface area contributed by atoms with Crippen molar-refractivity contribution in [1.29, 1.82) is 0 Å². The number of hydrogen-bond donors (Lipinski definition) is 1. The molecule has 1 fully saturated rings. The first-order valence-corrected chi connectivity index (χ1v) is 10.5. The number of carboxylic acids is 1. The maximum absolute atomic E-state index is 12.9. The minimum absolute atomic E-state index is 0.0614. The maximum Gasteiger partial charge on any atom is 0.335 e. The molecule has 160 valence electrons. The lowest BCUT2D eigenvalue weighted by Gasteiger charge is -2.13. The summed E-state index contributed by atoms with van der Waals surface area (Å²) in [6.07, 6.45) is 1.52. The molecule has 0 unspecified atom stereocenters. The average molecular weight is 487 g/mol. The van der Waals surface area contributed by atoms with Gasteiger partial charge in [-0.3, -0.25) is 19.8 Å². The minimum atomic E-state index is -1.09. The second-order valence-electron chi connectivity index (χ2n) is 6.49. The third-order valence-electron chi connectivity index (χ3n) is 4.49. The van der Waals surface area contributed by atoms with Crippen LogP contribution in [0.5, 0.6) is 0 Å². The number of hydrogen-bond acceptors (Lipinski definition) is 7. The number of carbonyl (C=O) groups excluding carboxylic acids is 1. The van der Waals surface area contributed by atoms with Crippen LogP contribution in [0.4, 0.5) is 11.4 Å². The summed E-state index contributed by atoms with van der Waals surface area (Å²) < 4.78 is 6.03. The van der Waals surface area contributed by atoms with Gasteiger partial charge in [-0.15, -0.1) is 0 Å². The number of thiocarbonyl (C=S) groups is 1. The number of carbonyl (C=O) groups is 2. The molecule has 0 bridgehead atoms. The Balaban J connectivity index is 1.61. The predicted molar refractivity (Wildman–Crippen MR) is 125 cm³/mol. The highest BCUT2D eigenvalue weighted by Gasteiger charge is 2.33. The summed E-state index contributed by atoms with van der Waals surface area (Å²) in [5, 5.41) is 20.3. The van der Waals surface area contributed by atoms with E-state index in [2.05, 4.69) is 0 Å². The lowest BCUT2D eigenvalue weighted by Crippen LogP contribution is -2.27. The van der Waals surface area contributed by atoms with Gasteiger partial charge in [0.2, 0.25) is 0 Å². The number of non-ortho nitro benzene ring substituents is 1. The maximum atomic E-state index is 12.9. The summed E-state index contributed by atoms with van der Waals surface area (Å²) in [6.45, 7) is 0. The molecule has 0 aliphatic carbocycles. The summed E-state index contributed by atoms with van der Waals surface area (Å²) in [7, 11) is 0. The molecule has 0 saturated carbocycles. The van der Waals surface area contributed by atoms with Gasteiger partial charge in [0.25, 0.3) is 11.6 Å². The summed E-state index contributed by atoms with van der Waals surface area (Å²) in [5.74, 6) is -0.793. The van der Waals surface area contributed by atoms with E-state index in [1.165, 1.54) is 53.4 Å². The molecular formula is C21H11ClN2O6S2. The van der Waals surface area contributed by atoms with Crippen molar-refractivity contribution in [2.24, 2.45) is 0 Å². The minimum Gasteiger partial charge on any atom is -0.478 e. The first-order valence-electron chi connectivity index (χ1n) is 8.90. The molecule has 8 nitrogen and oxygen atoms in total. The topological polar surface area (TPSA) is 114 Å². The standard InChI is InChI=1S/C21H11ClN2O6S2/c22-16-7-1-11(20(26)27)9-15(16)17-8-6-14(30-17)10-18-19(25)23(21(31)32-18)12-2-4-13(5-3-12)24(28)29/h1-10H,(H,26,27)/b18-10+. The highest BCUT2D eigenvalue weighted by molar-refractivity contribution is 8.27. The Morgan fingerprint density at radius 2 is 1.91 bits per heavy atom. The number of benzene rings is 2. The Morgan fingerprint density at radius 1 is 1.19 bits per heavy atom. The molecule has 2 heterocycles. The van der Waals surface area contributed by atoms with Gasteiger partial charge in [0, 0.05) is 23.8 Å². The Hall–Kier alpha value is -3.47. The number of nitrogens with zero attached hydrogens (tertiary/aromatic N) is 2. The molecule has 1 N–H and O–H groups in total. The molecule has 0 spiro atoms. The number of nitro groups is 1. The van der Waals surface area contributed by atoms with Crippen LogP contribution in [0, 0.1) is 10.1 Å². The first kappa shape index (κ1) is 21.8. The van der Waals surface area contributed by atoms with Crippen molar-refractivity contribution in [1.82, 2.24) is 0 Å². The van der Waals surface area contributed by atoms with Gasteiger partial charge in [-0.25, -0.2) is 4.79 Å². The predicted octanol–water partition coefficient (Wildman–Crippen LogP) is 5.61. The van der Waals surface area contributed by atoms with E-state index < -0.39 is 16.8 Å². The van der Waals surface area contributed by atoms with Crippen LogP contribution in [0.2, 0.25) is 5.02 Å². The molecule has 1 aliphatic rings. The van der Waals surface area contributed by atoms with Crippen LogP contribution in [0.1, 0.15) is 16.1 Å². The zero-order valence-electron chi connectivity index (χ0n) is 15.9. The molecule has 32 heavy (non-hydrogen) atoms. The van der Waals surface area contributed by atoms with Gasteiger partial charge in [-0.05, 0) is 42.5 Å². The van der Waals surface area contributed by atoms with E-state index in [-0.39, 0.29) is 15.6 Å². The van der Waals surface area contributed by atoms with Crippen LogP contribution >= 0.6 is 35.6 Å². The number of nitro benzene ring substituents is 1. The Morgan fingerprint density at radius 3 is 2.56 bits per heavy atom. The normalized spacial score (nSPS) is 14.9. The van der Waals surface area contributed by atoms with Gasteiger partial charge in [0.15, 0.2) is 4.32 Å². The average Bonchev–Trinajstić information content (AvgIpc) is 3.32. The summed E-state index contributed by atoms with van der Waals surface area (Å²) in [5.41, 5.74) is 0.790. The van der Waals surface area contributed by atoms with Crippen LogP contribution in [0.25, 0.3) is 17.4 Å². The lowest BCUT2D eigenvalue weighted by molar-refractivity contribution is -0.384. The van der Waals surface area contributed by atoms with Gasteiger partial charge in [0.05, 0.1) is 26.1 Å². The van der Waals surface area contributed by atoms with E-state index in [0.29, 0.717) is 32.7 Å². The molecule has 1 amide bonds. The van der Waals surface area contributed by atoms with E-state index >= 15 is 0 Å². The van der Waals surface area contributed by atoms with Crippen LogP contribution in [0.3, 0.4) is 0 Å². The number of rotatable bonds is 5. The number of halogens is 1. The van der Waals surface area contributed by atoms with Gasteiger partial charge >= 0.3 is 5.97 Å². The van der Waals surface area contributed by atoms with Crippen molar-refractivity contribution in [3.05, 3.63) is 86.0 Å². The highest BCUT2D eigenvalue weighted by atomic mass is 35.5. The number of carboxylic acid groups (broad SMARTS) is 1. The molecule has 11 heteroatoms. The van der Waals surface area contributed by atoms with Crippen molar-refractivity contribution in [3.8, 4) is 11.3 Å². The number of anilines is 1. The van der Waals surface area contributed by atoms with Crippen molar-refractivity contribution < 1.29 is 24.0 Å². The van der Waals surface area contributed by atoms with E-state index in [4.69, 9.17) is 28.2 Å². The van der Waals surface area contributed by atoms with E-state index in [1.54, 1.807) is 12.1 Å². The largest absolute Gasteiger partial charge is 0.478 e. The van der Waals surface area contributed by atoms with Crippen molar-refractivity contribution in [2.45, 2.75) is 0 Å². The van der Waals surface area contributed by atoms with E-state index in [9.17, 15) is 24.8 Å². The van der Waals surface area contributed by atoms with Gasteiger partial charge in [-0.2, -0.15) is 0 Å².